The van der Waals surface area contributed by atoms with Crippen molar-refractivity contribution in [1.82, 2.24) is 20.1 Å². The van der Waals surface area contributed by atoms with Gasteiger partial charge in [0.05, 0.1) is 13.5 Å². The van der Waals surface area contributed by atoms with E-state index >= 15 is 0 Å². The van der Waals surface area contributed by atoms with Gasteiger partial charge in [-0.25, -0.2) is 9.78 Å². The lowest BCUT2D eigenvalue weighted by atomic mass is 10.0. The fraction of sp³-hybridized carbons (Fsp3) is 0.524. The molecule has 2 atom stereocenters. The summed E-state index contributed by atoms with van der Waals surface area (Å²) in [4.78, 5) is 30.1. The zero-order valence-electron chi connectivity index (χ0n) is 17.8. The Kier molecular flexibility index (Phi) is 6.91. The average Bonchev–Trinajstić information content (AvgIpc) is 3.37. The van der Waals surface area contributed by atoms with Crippen LogP contribution in [0.1, 0.15) is 50.3 Å². The number of nitrogens with one attached hydrogen (secondary N) is 2. The highest BCUT2D eigenvalue weighted by Crippen LogP contribution is 2.36. The quantitative estimate of drug-likeness (QED) is 0.719. The lowest BCUT2D eigenvalue weighted by Gasteiger charge is -2.23. The number of aromatic nitrogens is 3. The van der Waals surface area contributed by atoms with Gasteiger partial charge in [-0.15, -0.1) is 0 Å². The molecule has 2 aromatic heterocycles. The Hall–Kier alpha value is -3.10. The lowest BCUT2D eigenvalue weighted by molar-refractivity contribution is -0.115. The predicted octanol–water partition coefficient (Wildman–Crippen LogP) is 3.11. The molecule has 9 nitrogen and oxygen atoms in total. The number of methoxy groups -OCH3 is 1. The molecule has 0 aromatic carbocycles. The van der Waals surface area contributed by atoms with Gasteiger partial charge in [0.15, 0.2) is 5.82 Å². The van der Waals surface area contributed by atoms with E-state index in [9.17, 15) is 9.59 Å². The summed E-state index contributed by atoms with van der Waals surface area (Å²) in [6.07, 6.45) is 3.87. The minimum atomic E-state index is -0.291. The first-order chi connectivity index (χ1) is 14.4. The van der Waals surface area contributed by atoms with E-state index in [0.29, 0.717) is 11.7 Å². The first kappa shape index (κ1) is 21.6. The summed E-state index contributed by atoms with van der Waals surface area (Å²) in [7, 11) is 3.29. The number of rotatable bonds is 7. The topological polar surface area (TPSA) is 109 Å². The molecule has 0 unspecified atom stereocenters. The Labute approximate surface area is 176 Å². The maximum atomic E-state index is 12.3. The van der Waals surface area contributed by atoms with Crippen LogP contribution in [0.5, 0.6) is 5.88 Å². The molecule has 3 rings (SSSR count). The maximum Gasteiger partial charge on any atom is 0.410 e. The monoisotopic (exact) mass is 415 g/mol. The summed E-state index contributed by atoms with van der Waals surface area (Å²) >= 11 is 0. The lowest BCUT2D eigenvalue weighted by Crippen LogP contribution is -2.35. The Balaban J connectivity index is 1.50. The zero-order valence-corrected chi connectivity index (χ0v) is 17.8. The molecule has 1 aliphatic carbocycles. The summed E-state index contributed by atoms with van der Waals surface area (Å²) in [6.45, 7) is 3.90. The molecule has 9 heteroatoms. The van der Waals surface area contributed by atoms with Crippen LogP contribution in [0, 0.1) is 0 Å². The van der Waals surface area contributed by atoms with Crippen molar-refractivity contribution in [2.75, 3.05) is 19.5 Å². The molecule has 0 saturated heterocycles. The zero-order chi connectivity index (χ0) is 21.7. The molecule has 1 saturated carbocycles. The average molecular weight is 415 g/mol. The molecule has 2 heterocycles. The minimum Gasteiger partial charge on any atom is -0.481 e. The molecule has 0 bridgehead atoms. The van der Waals surface area contributed by atoms with Gasteiger partial charge in [0.2, 0.25) is 11.8 Å². The van der Waals surface area contributed by atoms with Gasteiger partial charge in [-0.05, 0) is 38.7 Å². The normalized spacial score (nSPS) is 18.3. The van der Waals surface area contributed by atoms with Crippen LogP contribution >= 0.6 is 0 Å². The van der Waals surface area contributed by atoms with Crippen LogP contribution in [0.15, 0.2) is 24.4 Å². The molecule has 0 aliphatic heterocycles. The highest BCUT2D eigenvalue weighted by Gasteiger charge is 2.31. The summed E-state index contributed by atoms with van der Waals surface area (Å²) < 4.78 is 10.6. The molecule has 0 radical (unpaired) electrons. The number of nitrogens with zero attached hydrogens (tertiary/aromatic N) is 3. The van der Waals surface area contributed by atoms with Gasteiger partial charge in [-0.1, -0.05) is 6.07 Å². The number of aromatic amines is 1. The Morgan fingerprint density at radius 2 is 2.13 bits per heavy atom. The molecule has 2 N–H and O–H groups in total. The highest BCUT2D eigenvalue weighted by molar-refractivity contribution is 5.91. The molecule has 0 spiro atoms. The standard InChI is InChI=1S/C21H29N5O4/c1-13(2)26(3)21(28)30-16-7-6-15(10-16)17-11-18(25-24-17)23-19(27)9-14-5-8-20(29-4)22-12-14/h5,8,11-13,15-16H,6-7,9-10H2,1-4H3,(H2,23,24,25,27)/t15-,16+/m0/s1. The van der Waals surface area contributed by atoms with Crippen LogP contribution in [-0.4, -0.2) is 58.4 Å². The number of amides is 2. The van der Waals surface area contributed by atoms with E-state index in [2.05, 4.69) is 20.5 Å². The number of hydrogen-bond donors (Lipinski definition) is 2. The fourth-order valence-corrected chi connectivity index (χ4v) is 3.38. The van der Waals surface area contributed by atoms with Crippen molar-refractivity contribution in [2.45, 2.75) is 57.6 Å². The van der Waals surface area contributed by atoms with Crippen molar-refractivity contribution in [3.05, 3.63) is 35.7 Å². The number of H-pyrrole nitrogens is 1. The largest absolute Gasteiger partial charge is 0.481 e. The summed E-state index contributed by atoms with van der Waals surface area (Å²) in [6, 6.07) is 5.47. The number of ether oxygens (including phenoxy) is 2. The Morgan fingerprint density at radius 1 is 1.33 bits per heavy atom. The Bertz CT molecular complexity index is 865. The van der Waals surface area contributed by atoms with Gasteiger partial charge < -0.3 is 19.7 Å². The summed E-state index contributed by atoms with van der Waals surface area (Å²) in [5.74, 6) is 1.04. The van der Waals surface area contributed by atoms with Crippen molar-refractivity contribution < 1.29 is 19.1 Å². The molecule has 1 fully saturated rings. The van der Waals surface area contributed by atoms with E-state index in [0.717, 1.165) is 30.5 Å². The van der Waals surface area contributed by atoms with Crippen molar-refractivity contribution in [3.8, 4) is 5.88 Å². The van der Waals surface area contributed by atoms with Crippen LogP contribution in [0.25, 0.3) is 0 Å². The van der Waals surface area contributed by atoms with Crippen molar-refractivity contribution in [3.63, 3.8) is 0 Å². The molecule has 162 valence electrons. The van der Waals surface area contributed by atoms with Crippen LogP contribution in [0.3, 0.4) is 0 Å². The van der Waals surface area contributed by atoms with E-state index in [1.807, 2.05) is 19.9 Å². The van der Waals surface area contributed by atoms with E-state index in [-0.39, 0.29) is 36.5 Å². The number of pyridine rings is 1. The third-order valence-corrected chi connectivity index (χ3v) is 5.39. The first-order valence-corrected chi connectivity index (χ1v) is 10.1. The van der Waals surface area contributed by atoms with Gasteiger partial charge in [0.1, 0.15) is 6.10 Å². The van der Waals surface area contributed by atoms with Gasteiger partial charge in [0, 0.05) is 43.0 Å². The number of carbonyl (C=O) groups is 2. The van der Waals surface area contributed by atoms with Crippen molar-refractivity contribution in [2.24, 2.45) is 0 Å². The van der Waals surface area contributed by atoms with Crippen LogP contribution in [-0.2, 0) is 16.0 Å². The molecular formula is C21H29N5O4. The van der Waals surface area contributed by atoms with Gasteiger partial charge in [-0.3, -0.25) is 9.89 Å². The predicted molar refractivity (Wildman–Crippen MR) is 111 cm³/mol. The Morgan fingerprint density at radius 3 is 2.80 bits per heavy atom. The van der Waals surface area contributed by atoms with E-state index in [1.54, 1.807) is 37.4 Å². The fourth-order valence-electron chi connectivity index (χ4n) is 3.38. The second-order valence-electron chi connectivity index (χ2n) is 7.86. The van der Waals surface area contributed by atoms with E-state index < -0.39 is 0 Å². The maximum absolute atomic E-state index is 12.3. The molecular weight excluding hydrogens is 386 g/mol. The van der Waals surface area contributed by atoms with Crippen molar-refractivity contribution in [1.29, 1.82) is 0 Å². The van der Waals surface area contributed by atoms with Gasteiger partial charge in [-0.2, -0.15) is 5.10 Å². The minimum absolute atomic E-state index is 0.0992. The smallest absolute Gasteiger partial charge is 0.410 e. The molecule has 2 aromatic rings. The summed E-state index contributed by atoms with van der Waals surface area (Å²) in [5, 5.41) is 10.0. The number of carbonyl (C=O) groups excluding carboxylic acids is 2. The summed E-state index contributed by atoms with van der Waals surface area (Å²) in [5.41, 5.74) is 1.73. The van der Waals surface area contributed by atoms with Gasteiger partial charge in [0.25, 0.3) is 0 Å². The van der Waals surface area contributed by atoms with Crippen LogP contribution in [0.4, 0.5) is 10.6 Å². The second kappa shape index (κ2) is 9.60. The van der Waals surface area contributed by atoms with E-state index in [1.165, 1.54) is 0 Å². The number of hydrogen-bond acceptors (Lipinski definition) is 6. The highest BCUT2D eigenvalue weighted by atomic mass is 16.6. The molecule has 1 aliphatic rings. The first-order valence-electron chi connectivity index (χ1n) is 10.1. The third-order valence-electron chi connectivity index (χ3n) is 5.39. The van der Waals surface area contributed by atoms with Crippen LogP contribution < -0.4 is 10.1 Å². The van der Waals surface area contributed by atoms with Crippen molar-refractivity contribution >= 4 is 17.8 Å². The number of anilines is 1. The van der Waals surface area contributed by atoms with E-state index in [4.69, 9.17) is 9.47 Å². The third kappa shape index (κ3) is 5.49. The molecule has 30 heavy (non-hydrogen) atoms. The van der Waals surface area contributed by atoms with Gasteiger partial charge >= 0.3 is 6.09 Å². The molecule has 2 amide bonds. The second-order valence-corrected chi connectivity index (χ2v) is 7.86. The van der Waals surface area contributed by atoms with Crippen LogP contribution in [0.2, 0.25) is 0 Å². The SMILES string of the molecule is COc1ccc(CC(=O)Nc2cc([C@H]3CC[C@@H](OC(=O)N(C)C(C)C)C3)[nH]n2)cn1.